The molecule has 0 saturated heterocycles. The Bertz CT molecular complexity index is 488. The molecule has 1 N–H and O–H groups in total. The van der Waals surface area contributed by atoms with Gasteiger partial charge in [0.2, 0.25) is 0 Å². The monoisotopic (exact) mass is 259 g/mol. The second kappa shape index (κ2) is 5.23. The van der Waals surface area contributed by atoms with Crippen LogP contribution in [0.4, 0.5) is 0 Å². The van der Waals surface area contributed by atoms with E-state index in [1.807, 2.05) is 27.8 Å². The van der Waals surface area contributed by atoms with E-state index in [-0.39, 0.29) is 11.8 Å². The summed E-state index contributed by atoms with van der Waals surface area (Å²) in [7, 11) is -1.09. The van der Waals surface area contributed by atoms with Crippen molar-refractivity contribution in [3.63, 3.8) is 0 Å². The number of sulfone groups is 1. The van der Waals surface area contributed by atoms with Crippen LogP contribution in [0.2, 0.25) is 0 Å². The van der Waals surface area contributed by atoms with Gasteiger partial charge in [0.25, 0.3) is 0 Å². The maximum Gasteiger partial charge on any atom is 0.147 e. The van der Waals surface area contributed by atoms with E-state index in [9.17, 15) is 8.42 Å². The summed E-state index contributed by atoms with van der Waals surface area (Å²) in [5.41, 5.74) is 2.20. The molecule has 0 aromatic carbocycles. The van der Waals surface area contributed by atoms with Crippen LogP contribution in [0.3, 0.4) is 0 Å². The van der Waals surface area contributed by atoms with E-state index in [0.717, 1.165) is 22.6 Å². The number of furan rings is 1. The third-order valence-electron chi connectivity index (χ3n) is 3.09. The fraction of sp³-hybridized carbons (Fsp3) is 0.667. The van der Waals surface area contributed by atoms with Crippen LogP contribution < -0.4 is 5.32 Å². The van der Waals surface area contributed by atoms with Crippen molar-refractivity contribution in [1.29, 1.82) is 0 Å². The Morgan fingerprint density at radius 1 is 1.24 bits per heavy atom. The molecular formula is C12H21NO3S. The summed E-state index contributed by atoms with van der Waals surface area (Å²) < 4.78 is 28.0. The molecule has 1 rings (SSSR count). The number of hydrogen-bond acceptors (Lipinski definition) is 4. The van der Waals surface area contributed by atoms with Gasteiger partial charge in [-0.3, -0.25) is 0 Å². The summed E-state index contributed by atoms with van der Waals surface area (Å²) in [6.45, 7) is 5.85. The van der Waals surface area contributed by atoms with Crippen LogP contribution in [-0.2, 0) is 9.84 Å². The van der Waals surface area contributed by atoms with Crippen molar-refractivity contribution in [3.05, 3.63) is 22.6 Å². The molecule has 1 aromatic rings. The highest BCUT2D eigenvalue weighted by molar-refractivity contribution is 7.90. The first-order valence-corrected chi connectivity index (χ1v) is 7.73. The summed E-state index contributed by atoms with van der Waals surface area (Å²) in [5.74, 6) is 1.95. The van der Waals surface area contributed by atoms with Crippen molar-refractivity contribution >= 4 is 9.84 Å². The molecule has 4 nitrogen and oxygen atoms in total. The van der Waals surface area contributed by atoms with Crippen LogP contribution in [-0.4, -0.2) is 27.5 Å². The smallest absolute Gasteiger partial charge is 0.147 e. The van der Waals surface area contributed by atoms with Gasteiger partial charge < -0.3 is 9.73 Å². The van der Waals surface area contributed by atoms with E-state index in [0.29, 0.717) is 6.42 Å². The topological polar surface area (TPSA) is 59.3 Å². The lowest BCUT2D eigenvalue weighted by atomic mass is 10.0. The Labute approximate surface area is 103 Å². The lowest BCUT2D eigenvalue weighted by Crippen LogP contribution is -2.21. The van der Waals surface area contributed by atoms with Crippen LogP contribution in [0.25, 0.3) is 0 Å². The van der Waals surface area contributed by atoms with Gasteiger partial charge >= 0.3 is 0 Å². The van der Waals surface area contributed by atoms with Gasteiger partial charge in [-0.1, -0.05) is 0 Å². The molecule has 0 bridgehead atoms. The minimum atomic E-state index is -2.93. The molecule has 0 aliphatic rings. The quantitative estimate of drug-likeness (QED) is 0.877. The van der Waals surface area contributed by atoms with E-state index < -0.39 is 9.84 Å². The van der Waals surface area contributed by atoms with Gasteiger partial charge in [-0.2, -0.15) is 0 Å². The lowest BCUT2D eigenvalue weighted by molar-refractivity contribution is 0.487. The minimum Gasteiger partial charge on any atom is -0.466 e. The van der Waals surface area contributed by atoms with E-state index in [1.165, 1.54) is 6.26 Å². The molecule has 17 heavy (non-hydrogen) atoms. The molecule has 98 valence electrons. The maximum atomic E-state index is 11.2. The molecule has 1 heterocycles. The van der Waals surface area contributed by atoms with Crippen LogP contribution in [0.1, 0.15) is 35.1 Å². The predicted molar refractivity (Wildman–Crippen MR) is 69.0 cm³/mol. The highest BCUT2D eigenvalue weighted by Crippen LogP contribution is 2.28. The molecular weight excluding hydrogens is 238 g/mol. The highest BCUT2D eigenvalue weighted by Gasteiger charge is 2.20. The van der Waals surface area contributed by atoms with Gasteiger partial charge in [0.15, 0.2) is 0 Å². The maximum absolute atomic E-state index is 11.2. The first-order chi connectivity index (χ1) is 7.76. The zero-order valence-corrected chi connectivity index (χ0v) is 11.9. The second-order valence-corrected chi connectivity index (χ2v) is 6.77. The summed E-state index contributed by atoms with van der Waals surface area (Å²) in [6.07, 6.45) is 1.83. The van der Waals surface area contributed by atoms with E-state index in [1.54, 1.807) is 0 Å². The molecule has 0 spiro atoms. The van der Waals surface area contributed by atoms with E-state index in [4.69, 9.17) is 4.42 Å². The molecule has 0 aliphatic carbocycles. The summed E-state index contributed by atoms with van der Waals surface area (Å²) in [6, 6.07) is 0.0298. The molecule has 0 aliphatic heterocycles. The van der Waals surface area contributed by atoms with Gasteiger partial charge in [0.05, 0.1) is 5.75 Å². The average molecular weight is 259 g/mol. The first-order valence-electron chi connectivity index (χ1n) is 5.67. The second-order valence-electron chi connectivity index (χ2n) is 4.51. The van der Waals surface area contributed by atoms with Crippen LogP contribution in [0.5, 0.6) is 0 Å². The molecule has 0 fully saturated rings. The standard InChI is InChI=1S/C12H21NO3S/c1-8-9(2)16-10(3)12(8)11(13-4)6-7-17(5,14)15/h11,13H,6-7H2,1-5H3. The first kappa shape index (κ1) is 14.3. The van der Waals surface area contributed by atoms with E-state index >= 15 is 0 Å². The minimum absolute atomic E-state index is 0.0298. The van der Waals surface area contributed by atoms with Crippen LogP contribution in [0.15, 0.2) is 4.42 Å². The number of nitrogens with one attached hydrogen (secondary N) is 1. The fourth-order valence-corrected chi connectivity index (χ4v) is 2.75. The molecule has 0 radical (unpaired) electrons. The summed E-state index contributed by atoms with van der Waals surface area (Å²) >= 11 is 0. The van der Waals surface area contributed by atoms with Gasteiger partial charge in [-0.05, 0) is 39.8 Å². The molecule has 1 unspecified atom stereocenters. The van der Waals surface area contributed by atoms with Gasteiger partial charge in [-0.25, -0.2) is 8.42 Å². The summed E-state index contributed by atoms with van der Waals surface area (Å²) in [4.78, 5) is 0. The third-order valence-corrected chi connectivity index (χ3v) is 4.07. The number of aryl methyl sites for hydroxylation is 2. The third kappa shape index (κ3) is 3.57. The Morgan fingerprint density at radius 3 is 2.18 bits per heavy atom. The zero-order valence-electron chi connectivity index (χ0n) is 11.1. The Balaban J connectivity index is 2.94. The van der Waals surface area contributed by atoms with Crippen molar-refractivity contribution in [3.8, 4) is 0 Å². The molecule has 1 atom stereocenters. The summed E-state index contributed by atoms with van der Waals surface area (Å²) in [5, 5.41) is 3.16. The molecule has 5 heteroatoms. The largest absolute Gasteiger partial charge is 0.466 e. The fourth-order valence-electron chi connectivity index (χ4n) is 2.09. The molecule has 1 aromatic heterocycles. The van der Waals surface area contributed by atoms with Crippen LogP contribution >= 0.6 is 0 Å². The predicted octanol–water partition coefficient (Wildman–Crippen LogP) is 1.90. The number of rotatable bonds is 5. The molecule has 0 saturated carbocycles. The Kier molecular flexibility index (Phi) is 4.38. The van der Waals surface area contributed by atoms with Gasteiger partial charge in [0.1, 0.15) is 21.4 Å². The van der Waals surface area contributed by atoms with E-state index in [2.05, 4.69) is 5.32 Å². The lowest BCUT2D eigenvalue weighted by Gasteiger charge is -2.16. The van der Waals surface area contributed by atoms with Crippen molar-refractivity contribution in [2.24, 2.45) is 0 Å². The van der Waals surface area contributed by atoms with Gasteiger partial charge in [-0.15, -0.1) is 0 Å². The van der Waals surface area contributed by atoms with Crippen molar-refractivity contribution in [1.82, 2.24) is 5.32 Å². The van der Waals surface area contributed by atoms with Crippen molar-refractivity contribution in [2.75, 3.05) is 19.1 Å². The average Bonchev–Trinajstić information content (AvgIpc) is 2.43. The Hall–Kier alpha value is -0.810. The Morgan fingerprint density at radius 2 is 1.82 bits per heavy atom. The number of hydrogen-bond donors (Lipinski definition) is 1. The van der Waals surface area contributed by atoms with Crippen molar-refractivity contribution in [2.45, 2.75) is 33.2 Å². The van der Waals surface area contributed by atoms with Crippen molar-refractivity contribution < 1.29 is 12.8 Å². The normalized spacial score (nSPS) is 13.9. The SMILES string of the molecule is CNC(CCS(C)(=O)=O)c1c(C)oc(C)c1C. The molecule has 0 amide bonds. The zero-order chi connectivity index (χ0) is 13.2. The van der Waals surface area contributed by atoms with Crippen LogP contribution in [0, 0.1) is 20.8 Å². The highest BCUT2D eigenvalue weighted by atomic mass is 32.2. The van der Waals surface area contributed by atoms with Gasteiger partial charge in [0, 0.05) is 17.9 Å².